The van der Waals surface area contributed by atoms with Crippen molar-refractivity contribution < 1.29 is 18.0 Å². The highest BCUT2D eigenvalue weighted by Crippen LogP contribution is 2.31. The maximum Gasteiger partial charge on any atom is 0.416 e. The van der Waals surface area contributed by atoms with Gasteiger partial charge in [0.2, 0.25) is 0 Å². The van der Waals surface area contributed by atoms with Gasteiger partial charge in [0, 0.05) is 10.4 Å². The van der Waals surface area contributed by atoms with Crippen LogP contribution >= 0.6 is 11.3 Å². The van der Waals surface area contributed by atoms with Gasteiger partial charge in [0.1, 0.15) is 0 Å². The van der Waals surface area contributed by atoms with Crippen LogP contribution in [-0.2, 0) is 6.18 Å². The SMILES string of the molecule is Cc1cc(C(=O)c2cccc(C(F)(F)F)c2)c(N)s1. The number of benzene rings is 1. The topological polar surface area (TPSA) is 43.1 Å². The molecule has 1 aromatic carbocycles. The molecule has 2 nitrogen and oxygen atoms in total. The monoisotopic (exact) mass is 285 g/mol. The van der Waals surface area contributed by atoms with Crippen LogP contribution in [0.5, 0.6) is 0 Å². The van der Waals surface area contributed by atoms with Gasteiger partial charge in [0.05, 0.1) is 16.1 Å². The number of halogens is 3. The molecule has 0 saturated carbocycles. The van der Waals surface area contributed by atoms with E-state index >= 15 is 0 Å². The van der Waals surface area contributed by atoms with E-state index in [-0.39, 0.29) is 11.1 Å². The van der Waals surface area contributed by atoms with Gasteiger partial charge in [-0.2, -0.15) is 13.2 Å². The molecule has 0 amide bonds. The lowest BCUT2D eigenvalue weighted by Crippen LogP contribution is -2.08. The van der Waals surface area contributed by atoms with Crippen molar-refractivity contribution in [3.63, 3.8) is 0 Å². The molecule has 0 aliphatic carbocycles. The summed E-state index contributed by atoms with van der Waals surface area (Å²) in [7, 11) is 0. The first-order chi connectivity index (χ1) is 8.79. The summed E-state index contributed by atoms with van der Waals surface area (Å²) in [5, 5.41) is 0.319. The number of hydrogen-bond donors (Lipinski definition) is 1. The predicted molar refractivity (Wildman–Crippen MR) is 68.3 cm³/mol. The molecule has 0 fully saturated rings. The quantitative estimate of drug-likeness (QED) is 0.851. The number of rotatable bonds is 2. The van der Waals surface area contributed by atoms with Crippen LogP contribution in [-0.4, -0.2) is 5.78 Å². The van der Waals surface area contributed by atoms with Crippen LogP contribution in [0.3, 0.4) is 0 Å². The van der Waals surface area contributed by atoms with Crippen LogP contribution in [0.15, 0.2) is 30.3 Å². The molecule has 19 heavy (non-hydrogen) atoms. The van der Waals surface area contributed by atoms with Crippen molar-refractivity contribution in [2.45, 2.75) is 13.1 Å². The molecule has 1 heterocycles. The van der Waals surface area contributed by atoms with E-state index in [9.17, 15) is 18.0 Å². The molecule has 1 aromatic heterocycles. The Hall–Kier alpha value is -1.82. The van der Waals surface area contributed by atoms with Crippen molar-refractivity contribution in [3.05, 3.63) is 51.9 Å². The Balaban J connectivity index is 2.43. The Labute approximate surface area is 111 Å². The minimum absolute atomic E-state index is 0.0145. The fourth-order valence-electron chi connectivity index (χ4n) is 1.70. The van der Waals surface area contributed by atoms with Crippen LogP contribution in [0, 0.1) is 6.92 Å². The molecule has 100 valence electrons. The van der Waals surface area contributed by atoms with Gasteiger partial charge >= 0.3 is 6.18 Å². The molecule has 0 aliphatic rings. The van der Waals surface area contributed by atoms with Gasteiger partial charge in [-0.15, -0.1) is 11.3 Å². The first-order valence-electron chi connectivity index (χ1n) is 5.37. The zero-order valence-corrected chi connectivity index (χ0v) is 10.7. The maximum atomic E-state index is 12.6. The summed E-state index contributed by atoms with van der Waals surface area (Å²) in [6.45, 7) is 1.78. The summed E-state index contributed by atoms with van der Waals surface area (Å²) in [6, 6.07) is 5.92. The highest BCUT2D eigenvalue weighted by Gasteiger charge is 2.31. The fraction of sp³-hybridized carbons (Fsp3) is 0.154. The Morgan fingerprint density at radius 1 is 1.26 bits per heavy atom. The molecule has 0 atom stereocenters. The highest BCUT2D eigenvalue weighted by molar-refractivity contribution is 7.16. The zero-order valence-electron chi connectivity index (χ0n) is 9.91. The summed E-state index contributed by atoms with van der Waals surface area (Å²) in [5.74, 6) is -0.493. The van der Waals surface area contributed by atoms with Crippen LogP contribution in [0.1, 0.15) is 26.4 Å². The molecular formula is C13H10F3NOS. The lowest BCUT2D eigenvalue weighted by atomic mass is 10.0. The van der Waals surface area contributed by atoms with Gasteiger partial charge in [-0.25, -0.2) is 0 Å². The first kappa shape index (κ1) is 13.6. The fourth-order valence-corrected chi connectivity index (χ4v) is 2.49. The lowest BCUT2D eigenvalue weighted by molar-refractivity contribution is -0.137. The average Bonchev–Trinajstić information content (AvgIpc) is 2.66. The molecule has 2 rings (SSSR count). The Bertz CT molecular complexity index is 631. The standard InChI is InChI=1S/C13H10F3NOS/c1-7-5-10(12(17)19-7)11(18)8-3-2-4-9(6-8)13(14,15)16/h2-6H,17H2,1H3. The van der Waals surface area contributed by atoms with Crippen molar-refractivity contribution in [2.75, 3.05) is 5.73 Å². The Morgan fingerprint density at radius 2 is 1.95 bits per heavy atom. The molecule has 2 N–H and O–H groups in total. The number of alkyl halides is 3. The number of thiophene rings is 1. The molecule has 0 radical (unpaired) electrons. The molecule has 0 spiro atoms. The third kappa shape index (κ3) is 2.78. The Morgan fingerprint density at radius 3 is 2.47 bits per heavy atom. The number of ketones is 1. The third-order valence-electron chi connectivity index (χ3n) is 2.58. The second-order valence-corrected chi connectivity index (χ2v) is 5.33. The van der Waals surface area contributed by atoms with Gasteiger partial charge in [0.15, 0.2) is 5.78 Å². The Kier molecular flexibility index (Phi) is 3.36. The van der Waals surface area contributed by atoms with E-state index < -0.39 is 17.5 Å². The normalized spacial score (nSPS) is 11.6. The highest BCUT2D eigenvalue weighted by atomic mass is 32.1. The van der Waals surface area contributed by atoms with E-state index in [4.69, 9.17) is 5.73 Å². The molecule has 0 bridgehead atoms. The molecular weight excluding hydrogens is 275 g/mol. The molecule has 0 unspecified atom stereocenters. The second-order valence-electron chi connectivity index (χ2n) is 4.04. The molecule has 2 aromatic rings. The molecule has 0 aliphatic heterocycles. The molecule has 0 saturated heterocycles. The number of nitrogens with two attached hydrogens (primary N) is 1. The van der Waals surface area contributed by atoms with E-state index in [0.29, 0.717) is 5.00 Å². The van der Waals surface area contributed by atoms with Crippen LogP contribution in [0.25, 0.3) is 0 Å². The number of hydrogen-bond acceptors (Lipinski definition) is 3. The largest absolute Gasteiger partial charge is 0.416 e. The number of carbonyl (C=O) groups is 1. The number of aryl methyl sites for hydroxylation is 1. The first-order valence-corrected chi connectivity index (χ1v) is 6.18. The smallest absolute Gasteiger partial charge is 0.390 e. The van der Waals surface area contributed by atoms with Crippen LogP contribution in [0.4, 0.5) is 18.2 Å². The minimum Gasteiger partial charge on any atom is -0.390 e. The van der Waals surface area contributed by atoms with Crippen molar-refractivity contribution >= 4 is 22.1 Å². The zero-order chi connectivity index (χ0) is 14.2. The van der Waals surface area contributed by atoms with Gasteiger partial charge in [-0.3, -0.25) is 4.79 Å². The second kappa shape index (κ2) is 4.70. The van der Waals surface area contributed by atoms with Gasteiger partial charge in [-0.1, -0.05) is 12.1 Å². The minimum atomic E-state index is -4.47. The van der Waals surface area contributed by atoms with E-state index in [1.807, 2.05) is 0 Å². The molecule has 6 heteroatoms. The maximum absolute atomic E-state index is 12.6. The van der Waals surface area contributed by atoms with Crippen molar-refractivity contribution in [1.29, 1.82) is 0 Å². The van der Waals surface area contributed by atoms with Crippen LogP contribution < -0.4 is 5.73 Å². The summed E-state index contributed by atoms with van der Waals surface area (Å²) in [5.41, 5.74) is 5.07. The van der Waals surface area contributed by atoms with Gasteiger partial charge in [-0.05, 0) is 25.1 Å². The third-order valence-corrected chi connectivity index (χ3v) is 3.46. The van der Waals surface area contributed by atoms with E-state index in [1.54, 1.807) is 13.0 Å². The van der Waals surface area contributed by atoms with Crippen molar-refractivity contribution in [3.8, 4) is 0 Å². The number of nitrogen functional groups attached to an aromatic ring is 1. The summed E-state index contributed by atoms with van der Waals surface area (Å²) >= 11 is 1.24. The summed E-state index contributed by atoms with van der Waals surface area (Å²) < 4.78 is 37.7. The number of anilines is 1. The van der Waals surface area contributed by atoms with Gasteiger partial charge < -0.3 is 5.73 Å². The van der Waals surface area contributed by atoms with Crippen molar-refractivity contribution in [1.82, 2.24) is 0 Å². The summed E-state index contributed by atoms with van der Waals surface area (Å²) in [6.07, 6.45) is -4.47. The van der Waals surface area contributed by atoms with E-state index in [1.165, 1.54) is 23.5 Å². The number of carbonyl (C=O) groups excluding carboxylic acids is 1. The lowest BCUT2D eigenvalue weighted by Gasteiger charge is -2.08. The van der Waals surface area contributed by atoms with Crippen LogP contribution in [0.2, 0.25) is 0 Å². The van der Waals surface area contributed by atoms with Gasteiger partial charge in [0.25, 0.3) is 0 Å². The van der Waals surface area contributed by atoms with E-state index in [2.05, 4.69) is 0 Å². The average molecular weight is 285 g/mol. The predicted octanol–water partition coefficient (Wildman–Crippen LogP) is 3.89. The summed E-state index contributed by atoms with van der Waals surface area (Å²) in [4.78, 5) is 13.0. The van der Waals surface area contributed by atoms with E-state index in [0.717, 1.165) is 17.0 Å². The van der Waals surface area contributed by atoms with Crippen molar-refractivity contribution in [2.24, 2.45) is 0 Å².